The number of nitrogens with one attached hydrogen (secondary N) is 3. The van der Waals surface area contributed by atoms with Crippen LogP contribution in [0.5, 0.6) is 5.88 Å². The van der Waals surface area contributed by atoms with Crippen LogP contribution in [0.3, 0.4) is 0 Å². The van der Waals surface area contributed by atoms with Gasteiger partial charge in [-0.25, -0.2) is 9.97 Å². The first-order chi connectivity index (χ1) is 13.0. The third-order valence-corrected chi connectivity index (χ3v) is 3.67. The highest BCUT2D eigenvalue weighted by Crippen LogP contribution is 2.21. The van der Waals surface area contributed by atoms with Crippen LogP contribution < -0.4 is 15.4 Å². The summed E-state index contributed by atoms with van der Waals surface area (Å²) in [6, 6.07) is 3.03. The summed E-state index contributed by atoms with van der Waals surface area (Å²) in [5, 5.41) is 21.2. The van der Waals surface area contributed by atoms with Gasteiger partial charge in [0.2, 0.25) is 5.88 Å². The second-order valence-corrected chi connectivity index (χ2v) is 5.60. The van der Waals surface area contributed by atoms with E-state index in [1.165, 1.54) is 12.3 Å². The Morgan fingerprint density at radius 3 is 3.00 bits per heavy atom. The summed E-state index contributed by atoms with van der Waals surface area (Å²) in [5.41, 5.74) is 0.107. The van der Waals surface area contributed by atoms with Gasteiger partial charge in [0, 0.05) is 6.07 Å². The van der Waals surface area contributed by atoms with Gasteiger partial charge in [0.1, 0.15) is 18.0 Å². The molecular weight excluding hydrogens is 364 g/mol. The van der Waals surface area contributed by atoms with Crippen molar-refractivity contribution in [2.24, 2.45) is 0 Å². The van der Waals surface area contributed by atoms with Crippen molar-refractivity contribution in [3.8, 4) is 11.9 Å². The molecule has 0 saturated carbocycles. The quantitative estimate of drug-likeness (QED) is 0.655. The minimum Gasteiger partial charge on any atom is -0.415 e. The summed E-state index contributed by atoms with van der Waals surface area (Å²) in [4.78, 5) is 8.34. The molecule has 0 bridgehead atoms. The highest BCUT2D eigenvalue weighted by atomic mass is 19.3. The molecule has 27 heavy (non-hydrogen) atoms. The number of rotatable bonds is 7. The minimum absolute atomic E-state index is 0.107. The van der Waals surface area contributed by atoms with Crippen LogP contribution in [0.1, 0.15) is 12.6 Å². The zero-order chi connectivity index (χ0) is 19.2. The summed E-state index contributed by atoms with van der Waals surface area (Å²) < 4.78 is 39.6. The average Bonchev–Trinajstić information content (AvgIpc) is 3.08. The Hall–Kier alpha value is -3.04. The molecule has 1 aliphatic heterocycles. The number of alkyl halides is 2. The average molecular weight is 381 g/mol. The van der Waals surface area contributed by atoms with E-state index in [9.17, 15) is 14.0 Å². The number of H-pyrrole nitrogens is 1. The van der Waals surface area contributed by atoms with Gasteiger partial charge in [-0.1, -0.05) is 0 Å². The van der Waals surface area contributed by atoms with Crippen molar-refractivity contribution in [2.45, 2.75) is 25.7 Å². The first-order valence-corrected chi connectivity index (χ1v) is 8.05. The Morgan fingerprint density at radius 1 is 1.44 bits per heavy atom. The lowest BCUT2D eigenvalue weighted by molar-refractivity contribution is -0.0925. The normalized spacial score (nSPS) is 18.0. The molecule has 1 aliphatic rings. The van der Waals surface area contributed by atoms with Crippen LogP contribution in [-0.4, -0.2) is 58.7 Å². The highest BCUT2D eigenvalue weighted by Gasteiger charge is 2.23. The number of aromatic amines is 1. The Morgan fingerprint density at radius 2 is 2.30 bits per heavy atom. The van der Waals surface area contributed by atoms with Crippen molar-refractivity contribution in [1.29, 1.82) is 5.26 Å². The molecule has 1 saturated heterocycles. The molecular formula is C15H17F2N7O3. The monoisotopic (exact) mass is 381 g/mol. The molecule has 0 aromatic carbocycles. The van der Waals surface area contributed by atoms with E-state index in [2.05, 4.69) is 35.5 Å². The molecule has 144 valence electrons. The fourth-order valence-corrected chi connectivity index (χ4v) is 2.39. The first kappa shape index (κ1) is 18.7. The zero-order valence-corrected chi connectivity index (χ0v) is 14.3. The van der Waals surface area contributed by atoms with E-state index in [4.69, 9.17) is 9.47 Å². The summed E-state index contributed by atoms with van der Waals surface area (Å²) in [7, 11) is 0. The lowest BCUT2D eigenvalue weighted by atomic mass is 10.2. The molecule has 0 amide bonds. The SMILES string of the molecule is C[C@@H](Nc1nc(Nc2cc(OC(F)F)n[nH]2)cnc1C#N)[C@H]1COCCO1. The Bertz CT molecular complexity index is 805. The summed E-state index contributed by atoms with van der Waals surface area (Å²) in [5.74, 6) is 0.535. The van der Waals surface area contributed by atoms with Crippen molar-refractivity contribution in [3.05, 3.63) is 18.0 Å². The maximum atomic E-state index is 12.2. The Labute approximate surface area is 152 Å². The topological polar surface area (TPSA) is 130 Å². The Balaban J connectivity index is 1.71. The fraction of sp³-hybridized carbons (Fsp3) is 0.467. The smallest absolute Gasteiger partial charge is 0.388 e. The number of nitrogens with zero attached hydrogens (tertiary/aromatic N) is 4. The van der Waals surface area contributed by atoms with E-state index in [-0.39, 0.29) is 41.2 Å². The number of hydrogen-bond acceptors (Lipinski definition) is 9. The highest BCUT2D eigenvalue weighted by molar-refractivity contribution is 5.57. The van der Waals surface area contributed by atoms with Crippen molar-refractivity contribution in [3.63, 3.8) is 0 Å². The van der Waals surface area contributed by atoms with E-state index in [0.29, 0.717) is 19.8 Å². The predicted molar refractivity (Wildman–Crippen MR) is 88.9 cm³/mol. The molecule has 0 radical (unpaired) electrons. The number of ether oxygens (including phenoxy) is 3. The molecule has 0 spiro atoms. The molecule has 2 atom stereocenters. The number of hydrogen-bond donors (Lipinski definition) is 3. The van der Waals surface area contributed by atoms with E-state index >= 15 is 0 Å². The molecule has 0 unspecified atom stereocenters. The number of aromatic nitrogens is 4. The third kappa shape index (κ3) is 4.99. The maximum Gasteiger partial charge on any atom is 0.388 e. The van der Waals surface area contributed by atoms with Gasteiger partial charge in [-0.3, -0.25) is 5.10 Å². The molecule has 10 nitrogen and oxygen atoms in total. The van der Waals surface area contributed by atoms with Crippen LogP contribution >= 0.6 is 0 Å². The zero-order valence-electron chi connectivity index (χ0n) is 14.3. The van der Waals surface area contributed by atoms with E-state index in [1.807, 2.05) is 13.0 Å². The van der Waals surface area contributed by atoms with Gasteiger partial charge in [0.25, 0.3) is 0 Å². The van der Waals surface area contributed by atoms with Gasteiger partial charge >= 0.3 is 6.61 Å². The molecule has 2 aromatic rings. The van der Waals surface area contributed by atoms with Crippen molar-refractivity contribution >= 4 is 17.5 Å². The largest absolute Gasteiger partial charge is 0.415 e. The van der Waals surface area contributed by atoms with E-state index < -0.39 is 6.61 Å². The summed E-state index contributed by atoms with van der Waals surface area (Å²) in [6.07, 6.45) is 1.15. The molecule has 1 fully saturated rings. The third-order valence-electron chi connectivity index (χ3n) is 3.67. The van der Waals surface area contributed by atoms with Crippen molar-refractivity contribution in [2.75, 3.05) is 30.5 Å². The van der Waals surface area contributed by atoms with Gasteiger partial charge < -0.3 is 24.8 Å². The van der Waals surface area contributed by atoms with Crippen LogP contribution in [0.2, 0.25) is 0 Å². The van der Waals surface area contributed by atoms with Gasteiger partial charge in [0.15, 0.2) is 17.3 Å². The van der Waals surface area contributed by atoms with Crippen LogP contribution in [0.15, 0.2) is 12.3 Å². The molecule has 3 rings (SSSR count). The number of halogens is 2. The Kier molecular flexibility index (Phi) is 5.94. The van der Waals surface area contributed by atoms with Crippen molar-refractivity contribution in [1.82, 2.24) is 20.2 Å². The second kappa shape index (κ2) is 8.56. The lowest BCUT2D eigenvalue weighted by Gasteiger charge is -2.29. The first-order valence-electron chi connectivity index (χ1n) is 8.05. The summed E-state index contributed by atoms with van der Waals surface area (Å²) in [6.45, 7) is 0.387. The van der Waals surface area contributed by atoms with Gasteiger partial charge in [0.05, 0.1) is 32.1 Å². The standard InChI is InChI=1S/C15H17F2N7O3/c1-8(10-7-25-2-3-26-10)20-14-9(5-18)19-6-12(22-14)21-11-4-13(24-23-11)27-15(16)17/h4,6,8,10,15H,2-3,7H2,1H3,(H3,20,21,22,23,24)/t8-,10-/m1/s1. The molecule has 3 heterocycles. The molecule has 2 aromatic heterocycles. The van der Waals surface area contributed by atoms with Crippen LogP contribution in [0.25, 0.3) is 0 Å². The van der Waals surface area contributed by atoms with Crippen molar-refractivity contribution < 1.29 is 23.0 Å². The van der Waals surface area contributed by atoms with E-state index in [0.717, 1.165) is 0 Å². The summed E-state index contributed by atoms with van der Waals surface area (Å²) >= 11 is 0. The molecule has 3 N–H and O–H groups in total. The van der Waals surface area contributed by atoms with Gasteiger partial charge in [-0.15, -0.1) is 5.10 Å². The second-order valence-electron chi connectivity index (χ2n) is 5.60. The van der Waals surface area contributed by atoms with Crippen LogP contribution in [0, 0.1) is 11.3 Å². The molecule has 0 aliphatic carbocycles. The fourth-order valence-electron chi connectivity index (χ4n) is 2.39. The van der Waals surface area contributed by atoms with Crippen LogP contribution in [-0.2, 0) is 9.47 Å². The number of nitriles is 1. The number of anilines is 3. The molecule has 12 heteroatoms. The lowest BCUT2D eigenvalue weighted by Crippen LogP contribution is -2.41. The van der Waals surface area contributed by atoms with Crippen LogP contribution in [0.4, 0.5) is 26.2 Å². The van der Waals surface area contributed by atoms with Gasteiger partial charge in [-0.05, 0) is 6.92 Å². The van der Waals surface area contributed by atoms with Gasteiger partial charge in [-0.2, -0.15) is 14.0 Å². The predicted octanol–water partition coefficient (Wildman–Crippen LogP) is 1.63. The van der Waals surface area contributed by atoms with E-state index in [1.54, 1.807) is 0 Å². The maximum absolute atomic E-state index is 12.2. The minimum atomic E-state index is -2.97.